The van der Waals surface area contributed by atoms with Crippen LogP contribution in [0, 0.1) is 5.41 Å². The van der Waals surface area contributed by atoms with Crippen molar-refractivity contribution in [3.05, 3.63) is 47.7 Å². The zero-order valence-corrected chi connectivity index (χ0v) is 13.5. The summed E-state index contributed by atoms with van der Waals surface area (Å²) < 4.78 is 1.71. The number of amides is 1. The van der Waals surface area contributed by atoms with Gasteiger partial charge in [-0.05, 0) is 19.2 Å². The van der Waals surface area contributed by atoms with E-state index in [1.807, 2.05) is 42.4 Å². The molecular formula is C17H21N5O. The Bertz CT molecular complexity index is 757. The van der Waals surface area contributed by atoms with Crippen molar-refractivity contribution >= 4 is 5.91 Å². The minimum Gasteiger partial charge on any atom is -0.336 e. The molecule has 0 radical (unpaired) electrons. The molecule has 0 aliphatic carbocycles. The van der Waals surface area contributed by atoms with Gasteiger partial charge in [0.05, 0.1) is 11.9 Å². The van der Waals surface area contributed by atoms with Crippen LogP contribution in [0.15, 0.2) is 36.7 Å². The van der Waals surface area contributed by atoms with Crippen LogP contribution in [0.5, 0.6) is 0 Å². The Hall–Kier alpha value is -2.47. The molecule has 1 saturated heterocycles. The zero-order valence-electron chi connectivity index (χ0n) is 13.5. The molecule has 0 spiro atoms. The molecule has 1 aliphatic rings. The molecule has 0 bridgehead atoms. The maximum Gasteiger partial charge on any atom is 0.253 e. The lowest BCUT2D eigenvalue weighted by Crippen LogP contribution is -2.47. The number of benzene rings is 1. The lowest BCUT2D eigenvalue weighted by atomic mass is 10.1. The quantitative estimate of drug-likeness (QED) is 0.898. The fourth-order valence-corrected chi connectivity index (χ4v) is 2.63. The van der Waals surface area contributed by atoms with Crippen LogP contribution in [0.4, 0.5) is 0 Å². The molecule has 1 aromatic carbocycles. The first-order chi connectivity index (χ1) is 11.0. The van der Waals surface area contributed by atoms with E-state index in [9.17, 15) is 4.79 Å². The van der Waals surface area contributed by atoms with Gasteiger partial charge in [-0.3, -0.25) is 15.2 Å². The predicted molar refractivity (Wildman–Crippen MR) is 87.9 cm³/mol. The van der Waals surface area contributed by atoms with Gasteiger partial charge in [-0.25, -0.2) is 0 Å². The largest absolute Gasteiger partial charge is 0.336 e. The van der Waals surface area contributed by atoms with Gasteiger partial charge >= 0.3 is 0 Å². The minimum absolute atomic E-state index is 0.0877. The van der Waals surface area contributed by atoms with Gasteiger partial charge in [0.2, 0.25) is 0 Å². The number of nitrogens with zero attached hydrogens (tertiary/aromatic N) is 4. The molecule has 2 aromatic rings. The van der Waals surface area contributed by atoms with Crippen molar-refractivity contribution in [3.63, 3.8) is 0 Å². The van der Waals surface area contributed by atoms with E-state index in [2.05, 4.69) is 16.9 Å². The molecule has 120 valence electrons. The fourth-order valence-electron chi connectivity index (χ4n) is 2.63. The Morgan fingerprint density at radius 1 is 1.09 bits per heavy atom. The fraction of sp³-hybridized carbons (Fsp3) is 0.353. The third-order valence-corrected chi connectivity index (χ3v) is 4.24. The number of carbonyl (C=O) groups excluding carboxylic acids is 1. The summed E-state index contributed by atoms with van der Waals surface area (Å²) in [5.41, 5.74) is 2.80. The SMILES string of the molecule is CN1CCN(C(=O)c2ccc(-c3cn(C)c(=N)cn3)cc2)CC1. The molecule has 0 unspecified atom stereocenters. The van der Waals surface area contributed by atoms with Gasteiger partial charge in [0.1, 0.15) is 5.49 Å². The minimum atomic E-state index is 0.0877. The molecule has 0 atom stereocenters. The summed E-state index contributed by atoms with van der Waals surface area (Å²) in [5.74, 6) is 0.0877. The summed E-state index contributed by atoms with van der Waals surface area (Å²) in [4.78, 5) is 20.9. The maximum atomic E-state index is 12.5. The molecular weight excluding hydrogens is 290 g/mol. The lowest BCUT2D eigenvalue weighted by molar-refractivity contribution is 0.0664. The van der Waals surface area contributed by atoms with E-state index < -0.39 is 0 Å². The second-order valence-corrected chi connectivity index (χ2v) is 5.94. The number of aryl methyl sites for hydroxylation is 1. The lowest BCUT2D eigenvalue weighted by Gasteiger charge is -2.32. The summed E-state index contributed by atoms with van der Waals surface area (Å²) in [7, 11) is 3.89. The topological polar surface area (TPSA) is 65.2 Å². The first-order valence-electron chi connectivity index (χ1n) is 7.70. The summed E-state index contributed by atoms with van der Waals surface area (Å²) in [6.45, 7) is 3.40. The normalized spacial score (nSPS) is 15.7. The third-order valence-electron chi connectivity index (χ3n) is 4.24. The smallest absolute Gasteiger partial charge is 0.253 e. The Labute approximate surface area is 135 Å². The van der Waals surface area contributed by atoms with Gasteiger partial charge in [0, 0.05) is 50.6 Å². The van der Waals surface area contributed by atoms with E-state index in [0.717, 1.165) is 37.4 Å². The monoisotopic (exact) mass is 311 g/mol. The van der Waals surface area contributed by atoms with Crippen LogP contribution in [0.2, 0.25) is 0 Å². The summed E-state index contributed by atoms with van der Waals surface area (Å²) in [6, 6.07) is 7.53. The molecule has 2 heterocycles. The number of likely N-dealkylation sites (N-methyl/N-ethyl adjacent to an activating group) is 1. The van der Waals surface area contributed by atoms with Gasteiger partial charge < -0.3 is 14.4 Å². The first kappa shape index (κ1) is 15.4. The molecule has 1 N–H and O–H groups in total. The van der Waals surface area contributed by atoms with Crippen LogP contribution in [-0.4, -0.2) is 58.5 Å². The third kappa shape index (κ3) is 3.32. The van der Waals surface area contributed by atoms with E-state index in [-0.39, 0.29) is 5.91 Å². The van der Waals surface area contributed by atoms with E-state index in [1.165, 1.54) is 6.20 Å². The van der Waals surface area contributed by atoms with Crippen molar-refractivity contribution in [2.45, 2.75) is 0 Å². The van der Waals surface area contributed by atoms with Crippen molar-refractivity contribution < 1.29 is 4.79 Å². The highest BCUT2D eigenvalue weighted by Gasteiger charge is 2.20. The van der Waals surface area contributed by atoms with E-state index in [1.54, 1.807) is 4.57 Å². The summed E-state index contributed by atoms with van der Waals surface area (Å²) in [6.07, 6.45) is 3.35. The highest BCUT2D eigenvalue weighted by molar-refractivity contribution is 5.94. The van der Waals surface area contributed by atoms with Crippen LogP contribution in [0.25, 0.3) is 11.3 Å². The van der Waals surface area contributed by atoms with Crippen molar-refractivity contribution in [2.24, 2.45) is 7.05 Å². The van der Waals surface area contributed by atoms with E-state index in [0.29, 0.717) is 11.1 Å². The molecule has 6 nitrogen and oxygen atoms in total. The average Bonchev–Trinajstić information content (AvgIpc) is 2.57. The van der Waals surface area contributed by atoms with Gasteiger partial charge in [-0.15, -0.1) is 0 Å². The molecule has 23 heavy (non-hydrogen) atoms. The molecule has 0 saturated carbocycles. The molecule has 1 fully saturated rings. The average molecular weight is 311 g/mol. The number of rotatable bonds is 2. The Kier molecular flexibility index (Phi) is 4.25. The number of piperazine rings is 1. The van der Waals surface area contributed by atoms with Crippen LogP contribution in [0.1, 0.15) is 10.4 Å². The second kappa shape index (κ2) is 6.34. The van der Waals surface area contributed by atoms with Crippen LogP contribution >= 0.6 is 0 Å². The van der Waals surface area contributed by atoms with Crippen LogP contribution in [0.3, 0.4) is 0 Å². The Morgan fingerprint density at radius 2 is 1.74 bits per heavy atom. The summed E-state index contributed by atoms with van der Waals surface area (Å²) in [5, 5.41) is 7.64. The van der Waals surface area contributed by atoms with Crippen molar-refractivity contribution in [1.82, 2.24) is 19.4 Å². The van der Waals surface area contributed by atoms with Gasteiger partial charge in [-0.2, -0.15) is 0 Å². The van der Waals surface area contributed by atoms with Crippen molar-refractivity contribution in [3.8, 4) is 11.3 Å². The Balaban J connectivity index is 1.77. The van der Waals surface area contributed by atoms with Crippen molar-refractivity contribution in [1.29, 1.82) is 5.41 Å². The molecule has 1 amide bonds. The van der Waals surface area contributed by atoms with Gasteiger partial charge in [0.25, 0.3) is 5.91 Å². The van der Waals surface area contributed by atoms with Crippen molar-refractivity contribution in [2.75, 3.05) is 33.2 Å². The zero-order chi connectivity index (χ0) is 16.4. The van der Waals surface area contributed by atoms with Crippen LogP contribution < -0.4 is 5.49 Å². The number of aromatic nitrogens is 2. The Morgan fingerprint density at radius 3 is 2.35 bits per heavy atom. The molecule has 3 rings (SSSR count). The molecule has 1 aromatic heterocycles. The molecule has 6 heteroatoms. The van der Waals surface area contributed by atoms with E-state index in [4.69, 9.17) is 5.41 Å². The number of hydrogen-bond acceptors (Lipinski definition) is 4. The molecule has 1 aliphatic heterocycles. The maximum absolute atomic E-state index is 12.5. The predicted octanol–water partition coefficient (Wildman–Crippen LogP) is 0.954. The number of nitrogens with one attached hydrogen (secondary N) is 1. The van der Waals surface area contributed by atoms with Gasteiger partial charge in [-0.1, -0.05) is 12.1 Å². The summed E-state index contributed by atoms with van der Waals surface area (Å²) >= 11 is 0. The number of hydrogen-bond donors (Lipinski definition) is 1. The van der Waals surface area contributed by atoms with E-state index >= 15 is 0 Å². The standard InChI is InChI=1S/C17H21N5O/c1-20-7-9-22(10-8-20)17(23)14-5-3-13(4-6-14)15-12-21(2)16(18)11-19-15/h3-6,11-12,18H,7-10H2,1-2H3. The van der Waals surface area contributed by atoms with Gasteiger partial charge in [0.15, 0.2) is 0 Å². The first-order valence-corrected chi connectivity index (χ1v) is 7.70. The number of carbonyl (C=O) groups is 1. The highest BCUT2D eigenvalue weighted by atomic mass is 16.2. The van der Waals surface area contributed by atoms with Crippen LogP contribution in [-0.2, 0) is 7.05 Å². The second-order valence-electron chi connectivity index (χ2n) is 5.94. The highest BCUT2D eigenvalue weighted by Crippen LogP contribution is 2.17.